The summed E-state index contributed by atoms with van der Waals surface area (Å²) in [6.45, 7) is 7.36. The Bertz CT molecular complexity index is 1930. The number of amides is 7. The zero-order valence-corrected chi connectivity index (χ0v) is 33.8. The van der Waals surface area contributed by atoms with Crippen LogP contribution in [0.1, 0.15) is 77.3 Å². The molecule has 8 atom stereocenters. The van der Waals surface area contributed by atoms with Crippen molar-refractivity contribution in [1.29, 1.82) is 0 Å². The number of nitrogens with one attached hydrogen (secondary N) is 4. The van der Waals surface area contributed by atoms with Crippen LogP contribution in [0.15, 0.2) is 42.5 Å². The van der Waals surface area contributed by atoms with Crippen molar-refractivity contribution in [3.63, 3.8) is 0 Å². The van der Waals surface area contributed by atoms with Gasteiger partial charge in [-0.2, -0.15) is 0 Å². The van der Waals surface area contributed by atoms with Crippen molar-refractivity contribution in [2.75, 3.05) is 25.0 Å². The second-order valence-corrected chi connectivity index (χ2v) is 16.1. The van der Waals surface area contributed by atoms with E-state index in [4.69, 9.17) is 4.74 Å². The Morgan fingerprint density at radius 1 is 0.814 bits per heavy atom. The van der Waals surface area contributed by atoms with Crippen LogP contribution in [-0.4, -0.2) is 118 Å². The lowest BCUT2D eigenvalue weighted by molar-refractivity contribution is -0.163. The van der Waals surface area contributed by atoms with Crippen LogP contribution in [0.3, 0.4) is 0 Å². The molecule has 2 aromatic rings. The number of urea groups is 1. The highest BCUT2D eigenvalue weighted by molar-refractivity contribution is 5.98. The summed E-state index contributed by atoms with van der Waals surface area (Å²) in [4.78, 5) is 102. The molecule has 17 heteroatoms. The molecule has 4 fully saturated rings. The van der Waals surface area contributed by atoms with Crippen LogP contribution in [0.4, 0.5) is 19.3 Å². The van der Waals surface area contributed by atoms with E-state index in [1.807, 2.05) is 26.0 Å². The van der Waals surface area contributed by atoms with Gasteiger partial charge in [0, 0.05) is 37.8 Å². The van der Waals surface area contributed by atoms with Gasteiger partial charge in [0.1, 0.15) is 54.0 Å². The molecule has 4 aliphatic heterocycles. The third-order valence-corrected chi connectivity index (χ3v) is 11.6. The summed E-state index contributed by atoms with van der Waals surface area (Å²) in [5, 5.41) is 10.6. The first kappa shape index (κ1) is 43.0. The number of halogens is 2. The Labute approximate surface area is 341 Å². The van der Waals surface area contributed by atoms with E-state index in [1.165, 1.54) is 28.5 Å². The topological polar surface area (TPSA) is 187 Å². The summed E-state index contributed by atoms with van der Waals surface area (Å²) in [6, 6.07) is 1.75. The van der Waals surface area contributed by atoms with E-state index in [9.17, 15) is 42.3 Å². The maximum Gasteiger partial charge on any atom is 0.329 e. The average molecular weight is 822 g/mol. The predicted octanol–water partition coefficient (Wildman–Crippen LogP) is 2.80. The van der Waals surface area contributed by atoms with Crippen molar-refractivity contribution in [2.45, 2.75) is 121 Å². The number of anilines is 1. The fourth-order valence-electron chi connectivity index (χ4n) is 8.54. The molecule has 0 aliphatic carbocycles. The number of rotatable bonds is 7. The van der Waals surface area contributed by atoms with E-state index in [-0.39, 0.29) is 44.0 Å². The van der Waals surface area contributed by atoms with Crippen molar-refractivity contribution in [3.8, 4) is 0 Å². The minimum atomic E-state index is -1.62. The minimum absolute atomic E-state index is 0.0266. The number of fused-ring (bicyclic) bond motifs is 3. The number of esters is 1. The quantitative estimate of drug-likeness (QED) is 0.307. The molecule has 0 radical (unpaired) electrons. The van der Waals surface area contributed by atoms with Gasteiger partial charge in [-0.1, -0.05) is 26.0 Å². The first-order valence-corrected chi connectivity index (χ1v) is 20.5. The number of carbonyl (C=O) groups is 7. The van der Waals surface area contributed by atoms with E-state index < -0.39 is 102 Å². The summed E-state index contributed by atoms with van der Waals surface area (Å²) in [5.41, 5.74) is 1.46. The van der Waals surface area contributed by atoms with E-state index >= 15 is 0 Å². The van der Waals surface area contributed by atoms with Crippen LogP contribution in [0.5, 0.6) is 0 Å². The monoisotopic (exact) mass is 821 g/mol. The Kier molecular flexibility index (Phi) is 13.5. The number of aryl methyl sites for hydroxylation is 1. The van der Waals surface area contributed by atoms with Crippen LogP contribution in [0, 0.1) is 17.6 Å². The number of hydrogen-bond acceptors (Lipinski definition) is 8. The van der Waals surface area contributed by atoms with Gasteiger partial charge in [-0.25, -0.2) is 18.4 Å². The molecule has 15 nitrogen and oxygen atoms in total. The largest absolute Gasteiger partial charge is 0.458 e. The lowest BCUT2D eigenvalue weighted by Gasteiger charge is -2.39. The molecule has 0 spiro atoms. The molecular weight excluding hydrogens is 768 g/mol. The SMILES string of the molecule is CCc1ccc(NC(=O)N[C@@H](Cc2cc(F)cc(F)c2)C(=O)N[C@@H]2C(=O)N3CCC[C@H]3C(=O)N3CCCC[C@H]3C(=O)N[C@@H](C)C(=O)N3C[C@@H](C)C[C@H]3C(=O)O[C@H]2C)cc1. The van der Waals surface area contributed by atoms with Gasteiger partial charge in [0.05, 0.1) is 0 Å². The Morgan fingerprint density at radius 3 is 2.17 bits per heavy atom. The number of benzene rings is 2. The number of nitrogens with zero attached hydrogens (tertiary/aromatic N) is 3. The minimum Gasteiger partial charge on any atom is -0.458 e. The van der Waals surface area contributed by atoms with E-state index in [2.05, 4.69) is 21.3 Å². The van der Waals surface area contributed by atoms with E-state index in [0.29, 0.717) is 37.4 Å². The molecule has 0 aromatic heterocycles. The number of ether oxygens (including phenoxy) is 1. The van der Waals surface area contributed by atoms with Crippen LogP contribution in [0.25, 0.3) is 0 Å². The zero-order chi connectivity index (χ0) is 42.5. The standard InChI is InChI=1S/C42H53F2N7O8/c1-5-26-11-13-30(14-12-26)46-42(58)47-31(20-27-18-28(43)21-29(44)19-27)36(52)48-35-25(4)59-41(57)34-17-23(2)22-51(34)38(54)24(3)45-37(53)32-9-6-7-15-49(32)39(55)33-10-8-16-50(33)40(35)56/h11-14,18-19,21,23-25,31-35H,5-10,15-17,20,22H2,1-4H3,(H,45,53)(H,48,52)(H2,46,47,58)/t23-,24-,25-,31-,32-,33-,34-,35-/m0/s1. The number of piperidine rings is 1. The molecule has 2 aromatic carbocycles. The van der Waals surface area contributed by atoms with Gasteiger partial charge < -0.3 is 40.7 Å². The van der Waals surface area contributed by atoms with Gasteiger partial charge >= 0.3 is 12.0 Å². The van der Waals surface area contributed by atoms with Crippen LogP contribution in [0.2, 0.25) is 0 Å². The highest BCUT2D eigenvalue weighted by atomic mass is 19.1. The molecule has 0 saturated carbocycles. The van der Waals surface area contributed by atoms with Gasteiger partial charge in [-0.05, 0) is 100 Å². The maximum atomic E-state index is 14.7. The van der Waals surface area contributed by atoms with Gasteiger partial charge in [-0.15, -0.1) is 0 Å². The molecule has 0 unspecified atom stereocenters. The number of hydrogen-bond donors (Lipinski definition) is 4. The molecule has 4 saturated heterocycles. The highest BCUT2D eigenvalue weighted by Gasteiger charge is 2.47. The molecule has 4 N–H and O–H groups in total. The number of cyclic esters (lactones) is 1. The second-order valence-electron chi connectivity index (χ2n) is 16.1. The Hall–Kier alpha value is -5.61. The van der Waals surface area contributed by atoms with Gasteiger partial charge in [-0.3, -0.25) is 24.0 Å². The molecule has 4 heterocycles. The summed E-state index contributed by atoms with van der Waals surface area (Å²) >= 11 is 0. The van der Waals surface area contributed by atoms with Crippen molar-refractivity contribution in [2.24, 2.45) is 5.92 Å². The molecule has 4 aliphatic rings. The lowest BCUT2D eigenvalue weighted by atomic mass is 9.99. The zero-order valence-electron chi connectivity index (χ0n) is 33.8. The van der Waals surface area contributed by atoms with Gasteiger partial charge in [0.15, 0.2) is 0 Å². The number of carbonyl (C=O) groups excluding carboxylic acids is 7. The Morgan fingerprint density at radius 2 is 1.47 bits per heavy atom. The van der Waals surface area contributed by atoms with Crippen LogP contribution < -0.4 is 21.3 Å². The van der Waals surface area contributed by atoms with Gasteiger partial charge in [0.2, 0.25) is 29.5 Å². The van der Waals surface area contributed by atoms with Crippen molar-refractivity contribution in [1.82, 2.24) is 30.7 Å². The lowest BCUT2D eigenvalue weighted by Crippen LogP contribution is -2.63. The fraction of sp³-hybridized carbons (Fsp3) is 0.548. The van der Waals surface area contributed by atoms with Gasteiger partial charge in [0.25, 0.3) is 0 Å². The summed E-state index contributed by atoms with van der Waals surface area (Å²) < 4.78 is 34.6. The highest BCUT2D eigenvalue weighted by Crippen LogP contribution is 2.29. The van der Waals surface area contributed by atoms with E-state index in [0.717, 1.165) is 24.1 Å². The fourth-order valence-corrected chi connectivity index (χ4v) is 8.54. The van der Waals surface area contributed by atoms with Crippen LogP contribution in [-0.2, 0) is 46.3 Å². The Balaban J connectivity index is 1.33. The molecule has 0 bridgehead atoms. The normalized spacial score (nSPS) is 27.3. The first-order valence-electron chi connectivity index (χ1n) is 20.5. The van der Waals surface area contributed by atoms with Crippen molar-refractivity contribution < 1.29 is 47.1 Å². The van der Waals surface area contributed by atoms with Crippen molar-refractivity contribution in [3.05, 3.63) is 65.2 Å². The maximum absolute atomic E-state index is 14.7. The summed E-state index contributed by atoms with van der Waals surface area (Å²) in [6.07, 6.45) is 1.58. The van der Waals surface area contributed by atoms with E-state index in [1.54, 1.807) is 12.1 Å². The summed E-state index contributed by atoms with van der Waals surface area (Å²) in [7, 11) is 0. The van der Waals surface area contributed by atoms with Crippen LogP contribution >= 0.6 is 0 Å². The first-order chi connectivity index (χ1) is 28.1. The third kappa shape index (κ3) is 9.99. The molecule has 7 amide bonds. The second kappa shape index (κ2) is 18.5. The molecule has 59 heavy (non-hydrogen) atoms. The smallest absolute Gasteiger partial charge is 0.329 e. The molecule has 318 valence electrons. The summed E-state index contributed by atoms with van der Waals surface area (Å²) in [5.74, 6) is -5.94. The predicted molar refractivity (Wildman–Crippen MR) is 210 cm³/mol. The molecule has 6 rings (SSSR count). The average Bonchev–Trinajstić information content (AvgIpc) is 3.85. The third-order valence-electron chi connectivity index (χ3n) is 11.6. The van der Waals surface area contributed by atoms with Crippen molar-refractivity contribution >= 4 is 47.2 Å². The molecular formula is C42H53F2N7O8.